The number of thiophene rings is 1. The Morgan fingerprint density at radius 1 is 1.36 bits per heavy atom. The minimum Gasteiger partial charge on any atom is -0.462 e. The fraction of sp³-hybridized carbons (Fsp3) is 0.353. The van der Waals surface area contributed by atoms with Crippen LogP contribution in [0.3, 0.4) is 0 Å². The summed E-state index contributed by atoms with van der Waals surface area (Å²) in [5.74, 6) is 0.361. The highest BCUT2D eigenvalue weighted by atomic mass is 32.2. The predicted octanol–water partition coefficient (Wildman–Crippen LogP) is 3.14. The van der Waals surface area contributed by atoms with E-state index >= 15 is 0 Å². The lowest BCUT2D eigenvalue weighted by atomic mass is 10.3. The van der Waals surface area contributed by atoms with Crippen molar-refractivity contribution in [3.63, 3.8) is 0 Å². The van der Waals surface area contributed by atoms with E-state index in [4.69, 9.17) is 4.74 Å². The van der Waals surface area contributed by atoms with E-state index in [1.807, 2.05) is 23.1 Å². The Hall–Kier alpha value is -2.24. The van der Waals surface area contributed by atoms with Gasteiger partial charge in [0.1, 0.15) is 10.7 Å². The highest BCUT2D eigenvalue weighted by molar-refractivity contribution is 7.99. The van der Waals surface area contributed by atoms with E-state index in [2.05, 4.69) is 26.6 Å². The van der Waals surface area contributed by atoms with Crippen molar-refractivity contribution in [1.82, 2.24) is 19.7 Å². The number of anilines is 1. The van der Waals surface area contributed by atoms with E-state index in [0.717, 1.165) is 17.2 Å². The van der Waals surface area contributed by atoms with Crippen molar-refractivity contribution in [3.05, 3.63) is 38.8 Å². The maximum absolute atomic E-state index is 12.2. The molecule has 1 amide bonds. The Bertz CT molecular complexity index is 965. The zero-order valence-electron chi connectivity index (χ0n) is 15.6. The molecule has 3 rings (SSSR count). The highest BCUT2D eigenvalue weighted by Crippen LogP contribution is 2.24. The molecule has 0 fully saturated rings. The summed E-state index contributed by atoms with van der Waals surface area (Å²) in [7, 11) is 1.89. The smallest absolute Gasteiger partial charge is 0.350 e. The first kappa shape index (κ1) is 20.5. The Balaban J connectivity index is 1.56. The van der Waals surface area contributed by atoms with Gasteiger partial charge < -0.3 is 14.6 Å². The second kappa shape index (κ2) is 9.30. The molecule has 0 saturated heterocycles. The first-order chi connectivity index (χ1) is 13.5. The number of hydrogen-bond acceptors (Lipinski definition) is 9. The van der Waals surface area contributed by atoms with Crippen molar-refractivity contribution in [1.29, 1.82) is 0 Å². The summed E-state index contributed by atoms with van der Waals surface area (Å²) in [6.07, 6.45) is 0.711. The fourth-order valence-electron chi connectivity index (χ4n) is 2.32. The van der Waals surface area contributed by atoms with Crippen LogP contribution in [0.4, 0.5) is 5.13 Å². The molecule has 0 bridgehead atoms. The number of aromatic nitrogens is 4. The molecule has 3 aromatic heterocycles. The number of aryl methyl sites for hydroxylation is 1. The van der Waals surface area contributed by atoms with Gasteiger partial charge in [0.25, 0.3) is 0 Å². The predicted molar refractivity (Wildman–Crippen MR) is 110 cm³/mol. The van der Waals surface area contributed by atoms with Crippen molar-refractivity contribution in [3.8, 4) is 0 Å². The van der Waals surface area contributed by atoms with Gasteiger partial charge in [0.2, 0.25) is 5.91 Å². The van der Waals surface area contributed by atoms with Crippen LogP contribution in [0.5, 0.6) is 0 Å². The summed E-state index contributed by atoms with van der Waals surface area (Å²) in [6.45, 7) is 3.75. The average molecular weight is 438 g/mol. The summed E-state index contributed by atoms with van der Waals surface area (Å²) in [4.78, 5) is 29.9. The normalized spacial score (nSPS) is 10.8. The molecule has 0 unspecified atom stereocenters. The van der Waals surface area contributed by atoms with Crippen LogP contribution in [0.25, 0.3) is 0 Å². The Labute approximate surface area is 174 Å². The number of nitrogens with one attached hydrogen (secondary N) is 1. The second-order valence-electron chi connectivity index (χ2n) is 5.70. The van der Waals surface area contributed by atoms with Crippen LogP contribution in [-0.4, -0.2) is 44.0 Å². The molecular formula is C17H19N5O3S3. The number of ether oxygens (including phenoxy) is 1. The summed E-state index contributed by atoms with van der Waals surface area (Å²) >= 11 is 4.08. The van der Waals surface area contributed by atoms with Gasteiger partial charge in [0.15, 0.2) is 10.3 Å². The zero-order chi connectivity index (χ0) is 20.1. The van der Waals surface area contributed by atoms with Crippen LogP contribution in [-0.2, 0) is 23.0 Å². The number of hydrogen-bond donors (Lipinski definition) is 1. The first-order valence-corrected chi connectivity index (χ1v) is 11.1. The third-order valence-electron chi connectivity index (χ3n) is 3.67. The molecule has 11 heteroatoms. The van der Waals surface area contributed by atoms with Crippen molar-refractivity contribution in [2.45, 2.75) is 25.4 Å². The molecule has 0 radical (unpaired) electrons. The third kappa shape index (κ3) is 4.97. The van der Waals surface area contributed by atoms with E-state index in [9.17, 15) is 9.59 Å². The molecule has 0 spiro atoms. The van der Waals surface area contributed by atoms with E-state index in [-0.39, 0.29) is 11.7 Å². The summed E-state index contributed by atoms with van der Waals surface area (Å²) in [5, 5.41) is 14.2. The van der Waals surface area contributed by atoms with Gasteiger partial charge >= 0.3 is 5.97 Å². The summed E-state index contributed by atoms with van der Waals surface area (Å²) < 4.78 is 6.88. The van der Waals surface area contributed by atoms with E-state index in [0.29, 0.717) is 33.9 Å². The van der Waals surface area contributed by atoms with Crippen LogP contribution in [0, 0.1) is 6.92 Å². The molecule has 1 N–H and O–H groups in total. The maximum Gasteiger partial charge on any atom is 0.350 e. The third-order valence-corrected chi connectivity index (χ3v) is 6.62. The van der Waals surface area contributed by atoms with Crippen LogP contribution in [0.2, 0.25) is 0 Å². The first-order valence-electron chi connectivity index (χ1n) is 8.45. The quantitative estimate of drug-likeness (QED) is 0.427. The molecule has 0 saturated carbocycles. The number of amides is 1. The number of esters is 1. The fourth-order valence-corrected chi connectivity index (χ4v) is 4.62. The molecular weight excluding hydrogens is 418 g/mol. The number of carbonyl (C=O) groups excluding carboxylic acids is 2. The molecule has 0 aliphatic carbocycles. The monoisotopic (exact) mass is 437 g/mol. The molecule has 8 nitrogen and oxygen atoms in total. The SMILES string of the molecule is CCOC(=O)c1sc(NC(=O)CSc2nnc(Cc3cccs3)n2C)nc1C. The molecule has 0 aliphatic heterocycles. The average Bonchev–Trinajstić information content (AvgIpc) is 3.37. The van der Waals surface area contributed by atoms with Crippen LogP contribution in [0.15, 0.2) is 22.7 Å². The van der Waals surface area contributed by atoms with Gasteiger partial charge in [-0.1, -0.05) is 29.2 Å². The lowest BCUT2D eigenvalue weighted by molar-refractivity contribution is -0.113. The van der Waals surface area contributed by atoms with Gasteiger partial charge in [-0.25, -0.2) is 9.78 Å². The van der Waals surface area contributed by atoms with Crippen molar-refractivity contribution < 1.29 is 14.3 Å². The molecule has 28 heavy (non-hydrogen) atoms. The van der Waals surface area contributed by atoms with Crippen molar-refractivity contribution in [2.75, 3.05) is 17.7 Å². The van der Waals surface area contributed by atoms with E-state index < -0.39 is 5.97 Å². The molecule has 0 aliphatic rings. The second-order valence-corrected chi connectivity index (χ2v) is 8.68. The number of thiazole rings is 1. The van der Waals surface area contributed by atoms with Gasteiger partial charge in [0.05, 0.1) is 18.1 Å². The highest BCUT2D eigenvalue weighted by Gasteiger charge is 2.18. The summed E-state index contributed by atoms with van der Waals surface area (Å²) in [5.41, 5.74) is 0.540. The topological polar surface area (TPSA) is 99.0 Å². The van der Waals surface area contributed by atoms with Crippen LogP contribution in [0.1, 0.15) is 33.0 Å². The summed E-state index contributed by atoms with van der Waals surface area (Å²) in [6, 6.07) is 4.06. The zero-order valence-corrected chi connectivity index (χ0v) is 18.0. The van der Waals surface area contributed by atoms with Crippen molar-refractivity contribution >= 4 is 51.4 Å². The van der Waals surface area contributed by atoms with Crippen LogP contribution >= 0.6 is 34.4 Å². The minimum absolute atomic E-state index is 0.165. The van der Waals surface area contributed by atoms with Gasteiger partial charge in [-0.15, -0.1) is 21.5 Å². The van der Waals surface area contributed by atoms with E-state index in [1.54, 1.807) is 25.2 Å². The van der Waals surface area contributed by atoms with Crippen molar-refractivity contribution in [2.24, 2.45) is 7.05 Å². The van der Waals surface area contributed by atoms with Crippen LogP contribution < -0.4 is 5.32 Å². The Morgan fingerprint density at radius 2 is 2.18 bits per heavy atom. The van der Waals surface area contributed by atoms with E-state index in [1.165, 1.54) is 16.6 Å². The van der Waals surface area contributed by atoms with Gasteiger partial charge in [-0.3, -0.25) is 4.79 Å². The Kier molecular flexibility index (Phi) is 6.81. The largest absolute Gasteiger partial charge is 0.462 e. The molecule has 148 valence electrons. The number of rotatable bonds is 8. The van der Waals surface area contributed by atoms with Gasteiger partial charge in [-0.05, 0) is 25.3 Å². The lowest BCUT2D eigenvalue weighted by Gasteiger charge is -2.03. The molecule has 0 aromatic carbocycles. The number of carbonyl (C=O) groups is 2. The molecule has 0 atom stereocenters. The number of nitrogens with zero attached hydrogens (tertiary/aromatic N) is 4. The van der Waals surface area contributed by atoms with Gasteiger partial charge in [-0.2, -0.15) is 0 Å². The Morgan fingerprint density at radius 3 is 2.89 bits per heavy atom. The number of thioether (sulfide) groups is 1. The standard InChI is InChI=1S/C17H19N5O3S3/c1-4-25-15(24)14-10(2)18-16(28-14)19-13(23)9-27-17-21-20-12(22(17)3)8-11-6-5-7-26-11/h5-7H,4,8-9H2,1-3H3,(H,18,19,23). The van der Waals surface area contributed by atoms with Gasteiger partial charge in [0, 0.05) is 18.3 Å². The molecule has 3 heterocycles. The maximum atomic E-state index is 12.2. The lowest BCUT2D eigenvalue weighted by Crippen LogP contribution is -2.14. The molecule has 3 aromatic rings. The minimum atomic E-state index is -0.426.